The van der Waals surface area contributed by atoms with Crippen molar-refractivity contribution < 1.29 is 24.2 Å². The van der Waals surface area contributed by atoms with Gasteiger partial charge in [0.1, 0.15) is 5.75 Å². The van der Waals surface area contributed by atoms with Crippen LogP contribution in [-0.2, 0) is 14.4 Å². The van der Waals surface area contributed by atoms with Gasteiger partial charge in [0.05, 0.1) is 12.1 Å². The third kappa shape index (κ3) is 3.88. The summed E-state index contributed by atoms with van der Waals surface area (Å²) in [5, 5.41) is 11.2. The van der Waals surface area contributed by atoms with Crippen LogP contribution < -0.4 is 15.0 Å². The standard InChI is InChI=1S/C16H18N2O5/c1-3-8-18-12-5-4-11(17-14(19)6-7-15(20)21)9-13(12)23-10(2)16(18)22/h3-5,9-10H,1,6-8H2,2H3,(H,17,19)(H,20,21). The third-order valence-electron chi connectivity index (χ3n) is 3.33. The number of benzene rings is 1. The van der Waals surface area contributed by atoms with Crippen LogP contribution in [0.15, 0.2) is 30.9 Å². The van der Waals surface area contributed by atoms with Gasteiger partial charge in [0.2, 0.25) is 5.91 Å². The van der Waals surface area contributed by atoms with Crippen LogP contribution >= 0.6 is 0 Å². The van der Waals surface area contributed by atoms with E-state index in [0.29, 0.717) is 23.7 Å². The fourth-order valence-electron chi connectivity index (χ4n) is 2.25. The van der Waals surface area contributed by atoms with Crippen molar-refractivity contribution in [1.82, 2.24) is 0 Å². The second kappa shape index (κ2) is 6.95. The Morgan fingerprint density at radius 2 is 2.17 bits per heavy atom. The Hall–Kier alpha value is -2.83. The van der Waals surface area contributed by atoms with E-state index < -0.39 is 18.0 Å². The smallest absolute Gasteiger partial charge is 0.303 e. The zero-order valence-corrected chi connectivity index (χ0v) is 12.7. The number of amides is 2. The Balaban J connectivity index is 2.17. The summed E-state index contributed by atoms with van der Waals surface area (Å²) in [5.41, 5.74) is 1.09. The molecule has 0 bridgehead atoms. The zero-order valence-electron chi connectivity index (χ0n) is 12.7. The second-order valence-corrected chi connectivity index (χ2v) is 5.12. The van der Waals surface area contributed by atoms with Gasteiger partial charge in [0.25, 0.3) is 5.91 Å². The molecule has 2 amide bonds. The summed E-state index contributed by atoms with van der Waals surface area (Å²) in [7, 11) is 0. The van der Waals surface area contributed by atoms with E-state index in [1.165, 1.54) is 0 Å². The average Bonchev–Trinajstić information content (AvgIpc) is 2.50. The van der Waals surface area contributed by atoms with Crippen LogP contribution in [0, 0.1) is 0 Å². The summed E-state index contributed by atoms with van der Waals surface area (Å²) >= 11 is 0. The highest BCUT2D eigenvalue weighted by Gasteiger charge is 2.30. The second-order valence-electron chi connectivity index (χ2n) is 5.12. The van der Waals surface area contributed by atoms with Crippen molar-refractivity contribution in [3.8, 4) is 5.75 Å². The molecule has 7 nitrogen and oxygen atoms in total. The first kappa shape index (κ1) is 16.5. The van der Waals surface area contributed by atoms with Crippen molar-refractivity contribution in [2.24, 2.45) is 0 Å². The van der Waals surface area contributed by atoms with E-state index in [0.717, 1.165) is 0 Å². The lowest BCUT2D eigenvalue weighted by molar-refractivity contribution is -0.138. The highest BCUT2D eigenvalue weighted by molar-refractivity contribution is 6.01. The summed E-state index contributed by atoms with van der Waals surface area (Å²) in [4.78, 5) is 35.8. The topological polar surface area (TPSA) is 95.9 Å². The lowest BCUT2D eigenvalue weighted by Crippen LogP contribution is -2.44. The minimum atomic E-state index is -1.03. The number of nitrogens with one attached hydrogen (secondary N) is 1. The molecule has 2 rings (SSSR count). The molecular weight excluding hydrogens is 300 g/mol. The van der Waals surface area contributed by atoms with Crippen molar-refractivity contribution in [3.05, 3.63) is 30.9 Å². The molecule has 1 aliphatic rings. The maximum absolute atomic E-state index is 12.1. The number of ether oxygens (including phenoxy) is 1. The van der Waals surface area contributed by atoms with Gasteiger partial charge >= 0.3 is 5.97 Å². The quantitative estimate of drug-likeness (QED) is 0.780. The maximum Gasteiger partial charge on any atom is 0.303 e. The molecule has 1 heterocycles. The van der Waals surface area contributed by atoms with Gasteiger partial charge in [-0.05, 0) is 19.1 Å². The molecule has 1 unspecified atom stereocenters. The molecule has 23 heavy (non-hydrogen) atoms. The van der Waals surface area contributed by atoms with Gasteiger partial charge in [0, 0.05) is 24.7 Å². The first-order valence-electron chi connectivity index (χ1n) is 7.17. The van der Waals surface area contributed by atoms with Gasteiger partial charge in [-0.25, -0.2) is 0 Å². The Morgan fingerprint density at radius 3 is 2.83 bits per heavy atom. The average molecular weight is 318 g/mol. The molecule has 1 aromatic carbocycles. The molecule has 1 aromatic rings. The summed E-state index contributed by atoms with van der Waals surface area (Å²) in [6.07, 6.45) is 0.665. The Labute approximate surface area is 133 Å². The summed E-state index contributed by atoms with van der Waals surface area (Å²) in [5.74, 6) is -1.10. The van der Waals surface area contributed by atoms with E-state index in [1.807, 2.05) is 0 Å². The third-order valence-corrected chi connectivity index (χ3v) is 3.33. The number of carbonyl (C=O) groups excluding carboxylic acids is 2. The summed E-state index contributed by atoms with van der Waals surface area (Å²) in [6.45, 7) is 5.66. The van der Waals surface area contributed by atoms with Gasteiger partial charge in [-0.3, -0.25) is 14.4 Å². The highest BCUT2D eigenvalue weighted by Crippen LogP contribution is 2.36. The Kier molecular flexibility index (Phi) is 5.00. The number of fused-ring (bicyclic) bond motifs is 1. The molecule has 1 atom stereocenters. The maximum atomic E-state index is 12.1. The van der Waals surface area contributed by atoms with Gasteiger partial charge in [0.15, 0.2) is 6.10 Å². The molecule has 2 N–H and O–H groups in total. The lowest BCUT2D eigenvalue weighted by atomic mass is 10.1. The normalized spacial score (nSPS) is 16.3. The number of anilines is 2. The van der Waals surface area contributed by atoms with E-state index in [4.69, 9.17) is 9.84 Å². The van der Waals surface area contributed by atoms with Gasteiger partial charge in [-0.15, -0.1) is 6.58 Å². The molecule has 122 valence electrons. The largest absolute Gasteiger partial charge is 0.481 e. The van der Waals surface area contributed by atoms with Crippen molar-refractivity contribution in [1.29, 1.82) is 0 Å². The summed E-state index contributed by atoms with van der Waals surface area (Å²) in [6, 6.07) is 4.93. The van der Waals surface area contributed by atoms with Crippen molar-refractivity contribution >= 4 is 29.2 Å². The number of hydrogen-bond acceptors (Lipinski definition) is 4. The number of carbonyl (C=O) groups is 3. The molecule has 0 radical (unpaired) electrons. The number of carboxylic acids is 1. The van der Waals surface area contributed by atoms with E-state index in [-0.39, 0.29) is 18.7 Å². The van der Waals surface area contributed by atoms with E-state index >= 15 is 0 Å². The molecule has 0 saturated carbocycles. The predicted octanol–water partition coefficient (Wildman–Crippen LogP) is 1.79. The van der Waals surface area contributed by atoms with Crippen LogP contribution in [0.3, 0.4) is 0 Å². The molecule has 0 saturated heterocycles. The summed E-state index contributed by atoms with van der Waals surface area (Å²) < 4.78 is 5.57. The molecule has 1 aliphatic heterocycles. The zero-order chi connectivity index (χ0) is 17.0. The molecular formula is C16H18N2O5. The first-order valence-corrected chi connectivity index (χ1v) is 7.17. The van der Waals surface area contributed by atoms with E-state index in [1.54, 1.807) is 36.1 Å². The molecule has 0 aromatic heterocycles. The van der Waals surface area contributed by atoms with Crippen LogP contribution in [0.2, 0.25) is 0 Å². The molecule has 0 aliphatic carbocycles. The minimum Gasteiger partial charge on any atom is -0.481 e. The van der Waals surface area contributed by atoms with Crippen molar-refractivity contribution in [2.45, 2.75) is 25.9 Å². The fourth-order valence-corrected chi connectivity index (χ4v) is 2.25. The van der Waals surface area contributed by atoms with Gasteiger partial charge in [-0.2, -0.15) is 0 Å². The highest BCUT2D eigenvalue weighted by atomic mass is 16.5. The number of hydrogen-bond donors (Lipinski definition) is 2. The van der Waals surface area contributed by atoms with Crippen molar-refractivity contribution in [3.63, 3.8) is 0 Å². The lowest BCUT2D eigenvalue weighted by Gasteiger charge is -2.32. The van der Waals surface area contributed by atoms with Gasteiger partial charge in [-0.1, -0.05) is 6.08 Å². The SMILES string of the molecule is C=CCN1C(=O)C(C)Oc2cc(NC(=O)CCC(=O)O)ccc21. The Bertz CT molecular complexity index is 656. The number of carboxylic acid groups (broad SMARTS) is 1. The van der Waals surface area contributed by atoms with Gasteiger partial charge < -0.3 is 20.1 Å². The minimum absolute atomic E-state index is 0.106. The first-order chi connectivity index (χ1) is 10.9. The van der Waals surface area contributed by atoms with Crippen LogP contribution in [0.25, 0.3) is 0 Å². The van der Waals surface area contributed by atoms with E-state index in [9.17, 15) is 14.4 Å². The predicted molar refractivity (Wildman–Crippen MR) is 84.6 cm³/mol. The van der Waals surface area contributed by atoms with Crippen LogP contribution in [0.1, 0.15) is 19.8 Å². The fraction of sp³-hybridized carbons (Fsp3) is 0.312. The van der Waals surface area contributed by atoms with Crippen LogP contribution in [-0.4, -0.2) is 35.5 Å². The molecule has 0 fully saturated rings. The number of rotatable bonds is 6. The van der Waals surface area contributed by atoms with E-state index in [2.05, 4.69) is 11.9 Å². The number of nitrogens with zero attached hydrogens (tertiary/aromatic N) is 1. The number of aliphatic carboxylic acids is 1. The van der Waals surface area contributed by atoms with Crippen LogP contribution in [0.5, 0.6) is 5.75 Å². The van der Waals surface area contributed by atoms with Crippen LogP contribution in [0.4, 0.5) is 11.4 Å². The van der Waals surface area contributed by atoms with Crippen molar-refractivity contribution in [2.75, 3.05) is 16.8 Å². The Morgan fingerprint density at radius 1 is 1.43 bits per heavy atom. The molecule has 0 spiro atoms. The molecule has 7 heteroatoms. The monoisotopic (exact) mass is 318 g/mol.